The molecule has 1 aliphatic rings. The van der Waals surface area contributed by atoms with Crippen LogP contribution in [0.4, 0.5) is 0 Å². The smallest absolute Gasteiger partial charge is 0.115 e. The van der Waals surface area contributed by atoms with Gasteiger partial charge in [0.1, 0.15) is 11.5 Å². The molecule has 1 fully saturated rings. The first kappa shape index (κ1) is 11.7. The first-order valence-electron chi connectivity index (χ1n) is 5.85. The van der Waals surface area contributed by atoms with Crippen LogP contribution in [-0.4, -0.2) is 24.9 Å². The van der Waals surface area contributed by atoms with Crippen LogP contribution < -0.4 is 0 Å². The van der Waals surface area contributed by atoms with E-state index in [2.05, 4.69) is 13.8 Å². The minimum absolute atomic E-state index is 0.114. The van der Waals surface area contributed by atoms with Crippen LogP contribution in [-0.2, 0) is 10.2 Å². The van der Waals surface area contributed by atoms with Crippen molar-refractivity contribution < 1.29 is 14.3 Å². The highest BCUT2D eigenvalue weighted by Crippen LogP contribution is 2.43. The number of aliphatic hydroxyl groups excluding tert-OH is 1. The van der Waals surface area contributed by atoms with Crippen LogP contribution in [0.2, 0.25) is 0 Å². The molecule has 0 amide bonds. The van der Waals surface area contributed by atoms with E-state index in [9.17, 15) is 5.11 Å². The van der Waals surface area contributed by atoms with Crippen molar-refractivity contribution in [3.63, 3.8) is 0 Å². The van der Waals surface area contributed by atoms with Gasteiger partial charge in [0.05, 0.1) is 18.6 Å². The minimum Gasteiger partial charge on any atom is -0.466 e. The van der Waals surface area contributed by atoms with Crippen LogP contribution in [0.5, 0.6) is 0 Å². The van der Waals surface area contributed by atoms with E-state index < -0.39 is 0 Å². The molecule has 1 atom stereocenters. The quantitative estimate of drug-likeness (QED) is 0.851. The second-order valence-corrected chi connectivity index (χ2v) is 5.09. The lowest BCUT2D eigenvalue weighted by molar-refractivity contribution is -0.120. The number of aryl methyl sites for hydroxylation is 1. The first-order valence-corrected chi connectivity index (χ1v) is 5.85. The van der Waals surface area contributed by atoms with E-state index in [4.69, 9.17) is 9.15 Å². The summed E-state index contributed by atoms with van der Waals surface area (Å²) in [6, 6.07) is 3.99. The number of hydrogen-bond donors (Lipinski definition) is 1. The third kappa shape index (κ3) is 1.68. The Hall–Kier alpha value is -0.800. The zero-order valence-electron chi connectivity index (χ0n) is 10.2. The van der Waals surface area contributed by atoms with Gasteiger partial charge in [0, 0.05) is 12.5 Å². The highest BCUT2D eigenvalue weighted by molar-refractivity contribution is 5.22. The van der Waals surface area contributed by atoms with Gasteiger partial charge < -0.3 is 14.3 Å². The van der Waals surface area contributed by atoms with Crippen LogP contribution >= 0.6 is 0 Å². The number of ether oxygens (including phenoxy) is 1. The summed E-state index contributed by atoms with van der Waals surface area (Å²) in [4.78, 5) is 0. The number of hydrogen-bond acceptors (Lipinski definition) is 3. The maximum Gasteiger partial charge on any atom is 0.115 e. The highest BCUT2D eigenvalue weighted by Gasteiger charge is 2.50. The van der Waals surface area contributed by atoms with Crippen molar-refractivity contribution in [2.75, 3.05) is 19.8 Å². The number of rotatable bonds is 4. The van der Waals surface area contributed by atoms with Crippen LogP contribution in [0.1, 0.15) is 25.4 Å². The summed E-state index contributed by atoms with van der Waals surface area (Å²) in [5.41, 5.74) is -0.114. The van der Waals surface area contributed by atoms with Gasteiger partial charge in [-0.1, -0.05) is 13.8 Å². The summed E-state index contributed by atoms with van der Waals surface area (Å²) in [5.74, 6) is 2.50. The fourth-order valence-electron chi connectivity index (χ4n) is 2.59. The maximum absolute atomic E-state index is 9.57. The van der Waals surface area contributed by atoms with E-state index in [1.807, 2.05) is 19.1 Å². The van der Waals surface area contributed by atoms with Crippen molar-refractivity contribution >= 4 is 0 Å². The highest BCUT2D eigenvalue weighted by atomic mass is 16.5. The van der Waals surface area contributed by atoms with Gasteiger partial charge in [-0.3, -0.25) is 0 Å². The van der Waals surface area contributed by atoms with E-state index in [1.54, 1.807) is 0 Å². The molecule has 2 heterocycles. The van der Waals surface area contributed by atoms with Crippen molar-refractivity contribution in [2.45, 2.75) is 26.2 Å². The molecule has 1 N–H and O–H groups in total. The molecule has 0 bridgehead atoms. The topological polar surface area (TPSA) is 42.6 Å². The van der Waals surface area contributed by atoms with Gasteiger partial charge in [0.25, 0.3) is 0 Å². The zero-order valence-corrected chi connectivity index (χ0v) is 10.2. The molecule has 0 aliphatic carbocycles. The van der Waals surface area contributed by atoms with Gasteiger partial charge in [0.15, 0.2) is 0 Å². The molecular weight excluding hydrogens is 204 g/mol. The van der Waals surface area contributed by atoms with Gasteiger partial charge in [-0.05, 0) is 25.0 Å². The van der Waals surface area contributed by atoms with Crippen molar-refractivity contribution in [1.29, 1.82) is 0 Å². The van der Waals surface area contributed by atoms with E-state index >= 15 is 0 Å². The fourth-order valence-corrected chi connectivity index (χ4v) is 2.59. The molecule has 0 saturated carbocycles. The van der Waals surface area contributed by atoms with Gasteiger partial charge in [-0.25, -0.2) is 0 Å². The van der Waals surface area contributed by atoms with Crippen molar-refractivity contribution in [2.24, 2.45) is 11.8 Å². The molecule has 1 aromatic heterocycles. The zero-order chi connectivity index (χ0) is 11.8. The third-order valence-electron chi connectivity index (χ3n) is 3.66. The third-order valence-corrected chi connectivity index (χ3v) is 3.66. The maximum atomic E-state index is 9.57. The van der Waals surface area contributed by atoms with Crippen LogP contribution in [0.15, 0.2) is 16.5 Å². The van der Waals surface area contributed by atoms with Crippen molar-refractivity contribution in [3.8, 4) is 0 Å². The van der Waals surface area contributed by atoms with Gasteiger partial charge in [-0.2, -0.15) is 0 Å². The molecule has 1 aliphatic heterocycles. The van der Waals surface area contributed by atoms with Gasteiger partial charge in [-0.15, -0.1) is 0 Å². The number of furan rings is 1. The Balaban J connectivity index is 2.31. The lowest BCUT2D eigenvalue weighted by atomic mass is 9.67. The Morgan fingerprint density at radius 2 is 2.06 bits per heavy atom. The Kier molecular flexibility index (Phi) is 3.08. The summed E-state index contributed by atoms with van der Waals surface area (Å²) in [6.07, 6.45) is 0. The van der Waals surface area contributed by atoms with E-state index in [1.165, 1.54) is 0 Å². The van der Waals surface area contributed by atoms with Crippen molar-refractivity contribution in [1.82, 2.24) is 0 Å². The number of aliphatic hydroxyl groups is 1. The lowest BCUT2D eigenvalue weighted by Gasteiger charge is -2.46. The van der Waals surface area contributed by atoms with Crippen LogP contribution in [0.3, 0.4) is 0 Å². The summed E-state index contributed by atoms with van der Waals surface area (Å²) in [6.45, 7) is 7.71. The monoisotopic (exact) mass is 224 g/mol. The standard InChI is InChI=1S/C13H20O3/c1-9(2)11(6-14)13(7-15-8-13)12-5-4-10(3)16-12/h4-5,9,11,14H,6-8H2,1-3H3. The molecule has 3 heteroatoms. The molecule has 0 radical (unpaired) electrons. The Morgan fingerprint density at radius 1 is 1.38 bits per heavy atom. The molecule has 90 valence electrons. The molecule has 16 heavy (non-hydrogen) atoms. The predicted octanol–water partition coefficient (Wildman–Crippen LogP) is 2.12. The van der Waals surface area contributed by atoms with Crippen molar-refractivity contribution in [3.05, 3.63) is 23.7 Å². The SMILES string of the molecule is Cc1ccc(C2(C(CO)C(C)C)COC2)o1. The molecule has 0 spiro atoms. The van der Waals surface area contributed by atoms with E-state index in [0.717, 1.165) is 11.5 Å². The molecule has 1 aromatic rings. The molecule has 3 nitrogen and oxygen atoms in total. The van der Waals surface area contributed by atoms with Gasteiger partial charge in [0.2, 0.25) is 0 Å². The molecule has 1 saturated heterocycles. The average Bonchev–Trinajstić information content (AvgIpc) is 2.57. The summed E-state index contributed by atoms with van der Waals surface area (Å²) >= 11 is 0. The van der Waals surface area contributed by atoms with Crippen LogP contribution in [0.25, 0.3) is 0 Å². The fraction of sp³-hybridized carbons (Fsp3) is 0.692. The van der Waals surface area contributed by atoms with Crippen LogP contribution in [0, 0.1) is 18.8 Å². The average molecular weight is 224 g/mol. The first-order chi connectivity index (χ1) is 7.60. The molecular formula is C13H20O3. The molecule has 0 aromatic carbocycles. The Bertz CT molecular complexity index is 350. The Labute approximate surface area is 96.4 Å². The second kappa shape index (κ2) is 4.22. The molecule has 2 rings (SSSR count). The second-order valence-electron chi connectivity index (χ2n) is 5.09. The Morgan fingerprint density at radius 3 is 2.38 bits per heavy atom. The minimum atomic E-state index is -0.114. The van der Waals surface area contributed by atoms with Gasteiger partial charge >= 0.3 is 0 Å². The molecule has 1 unspecified atom stereocenters. The normalized spacial score (nSPS) is 20.8. The van der Waals surface area contributed by atoms with E-state index in [0.29, 0.717) is 19.1 Å². The lowest BCUT2D eigenvalue weighted by Crippen LogP contribution is -2.54. The summed E-state index contributed by atoms with van der Waals surface area (Å²) < 4.78 is 11.1. The van der Waals surface area contributed by atoms with E-state index in [-0.39, 0.29) is 17.9 Å². The predicted molar refractivity (Wildman–Crippen MR) is 61.4 cm³/mol. The largest absolute Gasteiger partial charge is 0.466 e. The summed E-state index contributed by atoms with van der Waals surface area (Å²) in [5, 5.41) is 9.57. The summed E-state index contributed by atoms with van der Waals surface area (Å²) in [7, 11) is 0.